The first-order valence-electron chi connectivity index (χ1n) is 6.20. The number of amides is 1. The smallest absolute Gasteiger partial charge is 0.264 e. The van der Waals surface area contributed by atoms with Gasteiger partial charge in [0.25, 0.3) is 5.91 Å². The lowest BCUT2D eigenvalue weighted by Crippen LogP contribution is -2.24. The van der Waals surface area contributed by atoms with Gasteiger partial charge in [0.1, 0.15) is 5.82 Å². The highest BCUT2D eigenvalue weighted by atomic mass is 79.9. The van der Waals surface area contributed by atoms with Gasteiger partial charge in [-0.3, -0.25) is 4.79 Å². The highest BCUT2D eigenvalue weighted by Gasteiger charge is 2.16. The molecule has 0 saturated heterocycles. The number of halogens is 2. The second-order valence-electron chi connectivity index (χ2n) is 4.69. The Morgan fingerprint density at radius 3 is 2.86 bits per heavy atom. The lowest BCUT2D eigenvalue weighted by atomic mass is 10.2. The van der Waals surface area contributed by atoms with Crippen LogP contribution in [-0.4, -0.2) is 17.9 Å². The predicted octanol–water partition coefficient (Wildman–Crippen LogP) is 5.14. The molecule has 0 unspecified atom stereocenters. The molecular weight excluding hydrogens is 373 g/mol. The Labute approximate surface area is 138 Å². The second-order valence-corrected chi connectivity index (χ2v) is 7.68. The molecule has 3 aromatic rings. The maximum absolute atomic E-state index is 13.2. The number of benzene rings is 1. The molecule has 6 heteroatoms. The van der Waals surface area contributed by atoms with Crippen LogP contribution in [0.1, 0.15) is 14.5 Å². The quantitative estimate of drug-likeness (QED) is 0.613. The van der Waals surface area contributed by atoms with Crippen molar-refractivity contribution in [2.75, 3.05) is 7.05 Å². The Kier molecular flexibility index (Phi) is 4.10. The third-order valence-electron chi connectivity index (χ3n) is 3.05. The van der Waals surface area contributed by atoms with Crippen LogP contribution in [0, 0.1) is 5.82 Å². The summed E-state index contributed by atoms with van der Waals surface area (Å²) in [6, 6.07) is 8.41. The van der Waals surface area contributed by atoms with Gasteiger partial charge in [-0.15, -0.1) is 22.7 Å². The highest BCUT2D eigenvalue weighted by Crippen LogP contribution is 2.28. The number of nitrogens with zero attached hydrogens (tertiary/aromatic N) is 1. The highest BCUT2D eigenvalue weighted by molar-refractivity contribution is 9.10. The maximum atomic E-state index is 13.2. The molecule has 2 nitrogen and oxygen atoms in total. The van der Waals surface area contributed by atoms with Gasteiger partial charge in [0, 0.05) is 26.5 Å². The molecule has 2 heterocycles. The number of fused-ring (bicyclic) bond motifs is 1. The molecule has 0 atom stereocenters. The van der Waals surface area contributed by atoms with Crippen LogP contribution in [0.5, 0.6) is 0 Å². The molecular formula is C15H11BrFNOS2. The average Bonchev–Trinajstić information content (AvgIpc) is 3.03. The Hall–Kier alpha value is -1.24. The topological polar surface area (TPSA) is 20.3 Å². The first-order chi connectivity index (χ1) is 10.0. The number of rotatable bonds is 3. The third kappa shape index (κ3) is 3.17. The van der Waals surface area contributed by atoms with Crippen LogP contribution in [0.3, 0.4) is 0 Å². The minimum atomic E-state index is -0.278. The van der Waals surface area contributed by atoms with E-state index in [-0.39, 0.29) is 11.7 Å². The fourth-order valence-corrected chi connectivity index (χ4v) is 4.63. The first-order valence-corrected chi connectivity index (χ1v) is 8.69. The van der Waals surface area contributed by atoms with Crippen molar-refractivity contribution in [3.63, 3.8) is 0 Å². The molecule has 0 spiro atoms. The summed E-state index contributed by atoms with van der Waals surface area (Å²) in [5.74, 6) is -0.318. The summed E-state index contributed by atoms with van der Waals surface area (Å²) in [7, 11) is 1.78. The normalized spacial score (nSPS) is 11.0. The minimum absolute atomic E-state index is 0.0406. The minimum Gasteiger partial charge on any atom is -0.336 e. The van der Waals surface area contributed by atoms with Crippen LogP contribution >= 0.6 is 38.6 Å². The van der Waals surface area contributed by atoms with Gasteiger partial charge in [0.05, 0.1) is 11.4 Å². The molecule has 0 aliphatic heterocycles. The van der Waals surface area contributed by atoms with Crippen molar-refractivity contribution in [2.24, 2.45) is 0 Å². The van der Waals surface area contributed by atoms with Crippen LogP contribution in [0.2, 0.25) is 0 Å². The fourth-order valence-electron chi connectivity index (χ4n) is 2.04. The van der Waals surface area contributed by atoms with Crippen LogP contribution in [0.4, 0.5) is 4.39 Å². The SMILES string of the molecule is CN(Cc1cc(Br)cs1)C(=O)c1cc2ccc(F)cc2s1. The van der Waals surface area contributed by atoms with Crippen molar-refractivity contribution >= 4 is 54.6 Å². The molecule has 0 N–H and O–H groups in total. The second kappa shape index (κ2) is 5.87. The van der Waals surface area contributed by atoms with Gasteiger partial charge in [-0.05, 0) is 45.6 Å². The third-order valence-corrected chi connectivity index (χ3v) is 5.82. The van der Waals surface area contributed by atoms with E-state index in [0.717, 1.165) is 19.4 Å². The van der Waals surface area contributed by atoms with Gasteiger partial charge in [-0.1, -0.05) is 6.07 Å². The molecule has 108 valence electrons. The number of hydrogen-bond donors (Lipinski definition) is 0. The number of thiophene rings is 2. The van der Waals surface area contributed by atoms with E-state index >= 15 is 0 Å². The lowest BCUT2D eigenvalue weighted by Gasteiger charge is -2.14. The molecule has 0 saturated carbocycles. The number of carbonyl (C=O) groups excluding carboxylic acids is 1. The van der Waals surface area contributed by atoms with Crippen LogP contribution in [0.15, 0.2) is 40.2 Å². The zero-order valence-electron chi connectivity index (χ0n) is 11.1. The summed E-state index contributed by atoms with van der Waals surface area (Å²) < 4.78 is 15.0. The zero-order chi connectivity index (χ0) is 15.0. The average molecular weight is 384 g/mol. The Morgan fingerprint density at radius 1 is 1.33 bits per heavy atom. The molecule has 1 aromatic carbocycles. The van der Waals surface area contributed by atoms with Crippen molar-refractivity contribution in [2.45, 2.75) is 6.54 Å². The molecule has 0 aliphatic rings. The summed E-state index contributed by atoms with van der Waals surface area (Å²) in [5.41, 5.74) is 0. The van der Waals surface area contributed by atoms with Crippen LogP contribution in [-0.2, 0) is 6.54 Å². The van der Waals surface area contributed by atoms with E-state index in [4.69, 9.17) is 0 Å². The summed E-state index contributed by atoms with van der Waals surface area (Å²) in [4.78, 5) is 15.9. The summed E-state index contributed by atoms with van der Waals surface area (Å²) >= 11 is 6.34. The van der Waals surface area contributed by atoms with E-state index in [1.807, 2.05) is 17.5 Å². The van der Waals surface area contributed by atoms with E-state index in [0.29, 0.717) is 11.4 Å². The van der Waals surface area contributed by atoms with Crippen molar-refractivity contribution in [1.29, 1.82) is 0 Å². The molecule has 21 heavy (non-hydrogen) atoms. The monoisotopic (exact) mass is 383 g/mol. The van der Waals surface area contributed by atoms with E-state index in [1.165, 1.54) is 23.5 Å². The Morgan fingerprint density at radius 2 is 2.14 bits per heavy atom. The largest absolute Gasteiger partial charge is 0.336 e. The van der Waals surface area contributed by atoms with Gasteiger partial charge in [-0.25, -0.2) is 4.39 Å². The van der Waals surface area contributed by atoms with Gasteiger partial charge in [0.2, 0.25) is 0 Å². The summed E-state index contributed by atoms with van der Waals surface area (Å²) in [6.07, 6.45) is 0. The Balaban J connectivity index is 1.82. The number of carbonyl (C=O) groups is 1. The van der Waals surface area contributed by atoms with Crippen molar-refractivity contribution in [3.8, 4) is 0 Å². The molecule has 1 amide bonds. The van der Waals surface area contributed by atoms with E-state index < -0.39 is 0 Å². The Bertz CT molecular complexity index is 811. The fraction of sp³-hybridized carbons (Fsp3) is 0.133. The van der Waals surface area contributed by atoms with Crippen molar-refractivity contribution in [1.82, 2.24) is 4.90 Å². The molecule has 0 fully saturated rings. The van der Waals surface area contributed by atoms with E-state index in [9.17, 15) is 9.18 Å². The van der Waals surface area contributed by atoms with Gasteiger partial charge < -0.3 is 4.90 Å². The molecule has 3 rings (SSSR count). The van der Waals surface area contributed by atoms with Crippen LogP contribution in [0.25, 0.3) is 10.1 Å². The van der Waals surface area contributed by atoms with Crippen molar-refractivity contribution in [3.05, 3.63) is 55.8 Å². The van der Waals surface area contributed by atoms with Gasteiger partial charge in [0.15, 0.2) is 0 Å². The standard InChI is InChI=1S/C15H11BrFNOS2/c1-18(7-12-5-10(16)8-20-12)15(19)14-4-9-2-3-11(17)6-13(9)21-14/h2-6,8H,7H2,1H3. The zero-order valence-corrected chi connectivity index (χ0v) is 14.3. The van der Waals surface area contributed by atoms with Crippen LogP contribution < -0.4 is 0 Å². The molecule has 0 radical (unpaired) electrons. The molecule has 0 aliphatic carbocycles. The maximum Gasteiger partial charge on any atom is 0.264 e. The number of hydrogen-bond acceptors (Lipinski definition) is 3. The van der Waals surface area contributed by atoms with Gasteiger partial charge >= 0.3 is 0 Å². The molecule has 0 bridgehead atoms. The van der Waals surface area contributed by atoms with E-state index in [1.54, 1.807) is 29.4 Å². The van der Waals surface area contributed by atoms with Crippen molar-refractivity contribution < 1.29 is 9.18 Å². The van der Waals surface area contributed by atoms with E-state index in [2.05, 4.69) is 15.9 Å². The van der Waals surface area contributed by atoms with Gasteiger partial charge in [-0.2, -0.15) is 0 Å². The first kappa shape index (κ1) is 14.7. The molecule has 2 aromatic heterocycles. The lowest BCUT2D eigenvalue weighted by molar-refractivity contribution is 0.0791. The summed E-state index contributed by atoms with van der Waals surface area (Å²) in [6.45, 7) is 0.567. The summed E-state index contributed by atoms with van der Waals surface area (Å²) in [5, 5.41) is 2.90. The predicted molar refractivity (Wildman–Crippen MR) is 89.6 cm³/mol.